The van der Waals surface area contributed by atoms with Gasteiger partial charge in [-0.05, 0) is 37.4 Å². The lowest BCUT2D eigenvalue weighted by Gasteiger charge is -2.07. The number of phenolic OH excluding ortho intramolecular Hbond substituents is 1. The third-order valence-electron chi connectivity index (χ3n) is 3.90. The zero-order chi connectivity index (χ0) is 18.2. The molecule has 130 valence electrons. The number of fused-ring (bicyclic) bond motifs is 1. The van der Waals surface area contributed by atoms with E-state index in [-0.39, 0.29) is 27.9 Å². The Kier molecular flexibility index (Phi) is 4.23. The molecule has 0 aromatic heterocycles. The summed E-state index contributed by atoms with van der Waals surface area (Å²) in [5, 5.41) is 12.9. The molecule has 1 heterocycles. The minimum Gasteiger partial charge on any atom is -0.504 e. The molecule has 25 heavy (non-hydrogen) atoms. The number of nitrogens with one attached hydrogen (secondary N) is 2. The molecule has 0 aliphatic carbocycles. The summed E-state index contributed by atoms with van der Waals surface area (Å²) in [7, 11) is -0.893. The predicted octanol–water partition coefficient (Wildman–Crippen LogP) is 1.80. The summed E-state index contributed by atoms with van der Waals surface area (Å²) in [5.41, 5.74) is 1.60. The average Bonchev–Trinajstić information content (AvgIpc) is 2.91. The molecule has 0 saturated heterocycles. The normalized spacial score (nSPS) is 15.1. The van der Waals surface area contributed by atoms with E-state index in [1.54, 1.807) is 18.2 Å². The van der Waals surface area contributed by atoms with Crippen LogP contribution in [-0.2, 0) is 14.8 Å². The fourth-order valence-corrected chi connectivity index (χ4v) is 3.33. The van der Waals surface area contributed by atoms with Crippen molar-refractivity contribution in [2.24, 2.45) is 0 Å². The second-order valence-electron chi connectivity index (χ2n) is 5.33. The lowest BCUT2D eigenvalue weighted by atomic mass is 10.0. The third kappa shape index (κ3) is 2.97. The molecule has 1 aliphatic rings. The fourth-order valence-electron chi connectivity index (χ4n) is 2.57. The quantitative estimate of drug-likeness (QED) is 0.721. The summed E-state index contributed by atoms with van der Waals surface area (Å²) >= 11 is 0. The number of hydrogen-bond acceptors (Lipinski definition) is 5. The standard InChI is InChI=1S/C17H16N2O5S/c1-18-25(22,23)11-6-7-14-12(9-11)13(17(21)19-14)8-10-4-3-5-15(24-2)16(10)20/h3-9,18,20H,1-2H3,(H,19,21). The van der Waals surface area contributed by atoms with E-state index in [9.17, 15) is 18.3 Å². The van der Waals surface area contributed by atoms with Crippen LogP contribution in [0.15, 0.2) is 41.3 Å². The summed E-state index contributed by atoms with van der Waals surface area (Å²) in [6.07, 6.45) is 1.49. The van der Waals surface area contributed by atoms with E-state index in [1.807, 2.05) is 0 Å². The zero-order valence-corrected chi connectivity index (χ0v) is 14.3. The summed E-state index contributed by atoms with van der Waals surface area (Å²) in [4.78, 5) is 12.3. The second kappa shape index (κ2) is 6.23. The predicted molar refractivity (Wildman–Crippen MR) is 93.8 cm³/mol. The Labute approximate surface area is 145 Å². The number of carbonyl (C=O) groups excluding carboxylic acids is 1. The van der Waals surface area contributed by atoms with Crippen molar-refractivity contribution in [3.63, 3.8) is 0 Å². The number of hydrogen-bond donors (Lipinski definition) is 3. The number of amides is 1. The lowest BCUT2D eigenvalue weighted by molar-refractivity contribution is -0.110. The van der Waals surface area contributed by atoms with E-state index >= 15 is 0 Å². The van der Waals surface area contributed by atoms with Gasteiger partial charge < -0.3 is 15.2 Å². The van der Waals surface area contributed by atoms with Crippen LogP contribution in [0.3, 0.4) is 0 Å². The van der Waals surface area contributed by atoms with Crippen molar-refractivity contribution in [2.75, 3.05) is 19.5 Å². The fraction of sp³-hybridized carbons (Fsp3) is 0.118. The molecule has 3 N–H and O–H groups in total. The Morgan fingerprint density at radius 3 is 2.68 bits per heavy atom. The molecular weight excluding hydrogens is 344 g/mol. The van der Waals surface area contributed by atoms with Crippen LogP contribution in [-0.4, -0.2) is 33.6 Å². The van der Waals surface area contributed by atoms with E-state index < -0.39 is 10.0 Å². The van der Waals surface area contributed by atoms with Gasteiger partial charge in [0.2, 0.25) is 10.0 Å². The molecule has 0 fully saturated rings. The minimum atomic E-state index is -3.64. The van der Waals surface area contributed by atoms with Gasteiger partial charge in [0.15, 0.2) is 11.5 Å². The number of phenols is 1. The number of rotatable bonds is 4. The van der Waals surface area contributed by atoms with Crippen LogP contribution in [0.5, 0.6) is 11.5 Å². The number of anilines is 1. The van der Waals surface area contributed by atoms with Crippen molar-refractivity contribution in [3.05, 3.63) is 47.5 Å². The van der Waals surface area contributed by atoms with Gasteiger partial charge in [-0.3, -0.25) is 4.79 Å². The van der Waals surface area contributed by atoms with Gasteiger partial charge in [-0.1, -0.05) is 12.1 Å². The van der Waals surface area contributed by atoms with Gasteiger partial charge in [0.25, 0.3) is 5.91 Å². The number of aromatic hydroxyl groups is 1. The van der Waals surface area contributed by atoms with Crippen LogP contribution in [0.2, 0.25) is 0 Å². The van der Waals surface area contributed by atoms with Crippen LogP contribution in [0.4, 0.5) is 5.69 Å². The summed E-state index contributed by atoms with van der Waals surface area (Å²) < 4.78 is 31.3. The zero-order valence-electron chi connectivity index (χ0n) is 13.5. The molecule has 1 aliphatic heterocycles. The topological polar surface area (TPSA) is 105 Å². The molecule has 0 saturated carbocycles. The van der Waals surface area contributed by atoms with Crippen LogP contribution in [0.1, 0.15) is 11.1 Å². The summed E-state index contributed by atoms with van der Waals surface area (Å²) in [6.45, 7) is 0. The maximum atomic E-state index is 12.3. The van der Waals surface area contributed by atoms with Crippen LogP contribution < -0.4 is 14.8 Å². The Morgan fingerprint density at radius 2 is 2.00 bits per heavy atom. The molecule has 7 nitrogen and oxygen atoms in total. The highest BCUT2D eigenvalue weighted by atomic mass is 32.2. The van der Waals surface area contributed by atoms with E-state index in [2.05, 4.69) is 10.0 Å². The molecule has 0 atom stereocenters. The van der Waals surface area contributed by atoms with Crippen molar-refractivity contribution in [3.8, 4) is 11.5 Å². The highest BCUT2D eigenvalue weighted by Gasteiger charge is 2.26. The Morgan fingerprint density at radius 1 is 1.24 bits per heavy atom. The molecule has 8 heteroatoms. The van der Waals surface area contributed by atoms with Crippen molar-refractivity contribution in [2.45, 2.75) is 4.90 Å². The van der Waals surface area contributed by atoms with E-state index in [4.69, 9.17) is 4.74 Å². The molecule has 0 bridgehead atoms. The highest BCUT2D eigenvalue weighted by Crippen LogP contribution is 2.37. The summed E-state index contributed by atoms with van der Waals surface area (Å²) in [6, 6.07) is 9.27. The first-order valence-corrected chi connectivity index (χ1v) is 8.82. The van der Waals surface area contributed by atoms with Gasteiger partial charge in [0, 0.05) is 22.4 Å². The molecule has 3 rings (SSSR count). The van der Waals surface area contributed by atoms with Gasteiger partial charge in [-0.25, -0.2) is 13.1 Å². The van der Waals surface area contributed by atoms with Gasteiger partial charge in [-0.2, -0.15) is 0 Å². The molecular formula is C17H16N2O5S. The van der Waals surface area contributed by atoms with Gasteiger partial charge in [0.05, 0.1) is 12.0 Å². The van der Waals surface area contributed by atoms with Crippen molar-refractivity contribution >= 4 is 33.3 Å². The Balaban J connectivity index is 2.15. The SMILES string of the molecule is CNS(=O)(=O)c1ccc2c(c1)C(=Cc1cccc(OC)c1O)C(=O)N2. The first kappa shape index (κ1) is 17.0. The monoisotopic (exact) mass is 360 g/mol. The third-order valence-corrected chi connectivity index (χ3v) is 5.32. The number of carbonyl (C=O) groups is 1. The number of benzene rings is 2. The van der Waals surface area contributed by atoms with Crippen LogP contribution >= 0.6 is 0 Å². The molecule has 2 aromatic carbocycles. The van der Waals surface area contributed by atoms with E-state index in [1.165, 1.54) is 38.4 Å². The lowest BCUT2D eigenvalue weighted by Crippen LogP contribution is -2.18. The van der Waals surface area contributed by atoms with Gasteiger partial charge >= 0.3 is 0 Å². The first-order valence-electron chi connectivity index (χ1n) is 7.34. The largest absolute Gasteiger partial charge is 0.504 e. The average molecular weight is 360 g/mol. The molecule has 0 radical (unpaired) electrons. The second-order valence-corrected chi connectivity index (χ2v) is 7.21. The molecule has 0 spiro atoms. The van der Waals surface area contributed by atoms with Crippen LogP contribution in [0.25, 0.3) is 11.6 Å². The molecule has 0 unspecified atom stereocenters. The summed E-state index contributed by atoms with van der Waals surface area (Å²) in [5.74, 6) is -0.200. The molecule has 2 aromatic rings. The first-order chi connectivity index (χ1) is 11.9. The highest BCUT2D eigenvalue weighted by molar-refractivity contribution is 7.89. The van der Waals surface area contributed by atoms with E-state index in [0.29, 0.717) is 16.8 Å². The number of methoxy groups -OCH3 is 1. The van der Waals surface area contributed by atoms with Gasteiger partial charge in [0.1, 0.15) is 0 Å². The van der Waals surface area contributed by atoms with Gasteiger partial charge in [-0.15, -0.1) is 0 Å². The maximum Gasteiger partial charge on any atom is 0.256 e. The number of ether oxygens (including phenoxy) is 1. The maximum absolute atomic E-state index is 12.3. The Hall–Kier alpha value is -2.84. The van der Waals surface area contributed by atoms with Crippen LogP contribution in [0, 0.1) is 0 Å². The van der Waals surface area contributed by atoms with Crippen molar-refractivity contribution in [1.82, 2.24) is 4.72 Å². The van der Waals surface area contributed by atoms with Crippen molar-refractivity contribution in [1.29, 1.82) is 0 Å². The van der Waals surface area contributed by atoms with E-state index in [0.717, 1.165) is 0 Å². The molecule has 1 amide bonds. The number of para-hydroxylation sites is 1. The van der Waals surface area contributed by atoms with Crippen molar-refractivity contribution < 1.29 is 23.1 Å². The smallest absolute Gasteiger partial charge is 0.256 e. The number of sulfonamides is 1. The minimum absolute atomic E-state index is 0.0472. The Bertz CT molecular complexity index is 996.